The van der Waals surface area contributed by atoms with E-state index in [1.807, 2.05) is 14.1 Å². The van der Waals surface area contributed by atoms with Crippen molar-refractivity contribution in [3.8, 4) is 0 Å². The van der Waals surface area contributed by atoms with Crippen LogP contribution in [0.25, 0.3) is 0 Å². The van der Waals surface area contributed by atoms with Gasteiger partial charge in [0.15, 0.2) is 0 Å². The van der Waals surface area contributed by atoms with Gasteiger partial charge >= 0.3 is 5.97 Å². The second kappa shape index (κ2) is 8.21. The predicted molar refractivity (Wildman–Crippen MR) is 115 cm³/mol. The van der Waals surface area contributed by atoms with Crippen LogP contribution in [0.2, 0.25) is 0 Å². The molecule has 2 aromatic rings. The van der Waals surface area contributed by atoms with Gasteiger partial charge in [-0.05, 0) is 52.9 Å². The molecule has 6 nitrogen and oxygen atoms in total. The van der Waals surface area contributed by atoms with Crippen LogP contribution in [0.4, 0.5) is 5.00 Å². The van der Waals surface area contributed by atoms with Gasteiger partial charge < -0.3 is 10.0 Å². The van der Waals surface area contributed by atoms with Crippen LogP contribution in [-0.4, -0.2) is 42.4 Å². The molecule has 1 aromatic carbocycles. The van der Waals surface area contributed by atoms with Crippen LogP contribution in [-0.2, 0) is 4.79 Å². The number of benzene rings is 1. The highest BCUT2D eigenvalue weighted by Gasteiger charge is 2.42. The quantitative estimate of drug-likeness (QED) is 0.644. The molecule has 3 N–H and O–H groups in total. The van der Waals surface area contributed by atoms with Gasteiger partial charge in [0.2, 0.25) is 0 Å². The molecule has 1 aliphatic heterocycles. The maximum atomic E-state index is 11.7. The molecule has 7 heteroatoms. The van der Waals surface area contributed by atoms with E-state index in [-0.39, 0.29) is 24.8 Å². The summed E-state index contributed by atoms with van der Waals surface area (Å²) < 4.78 is 0. The van der Waals surface area contributed by atoms with E-state index in [0.717, 1.165) is 5.00 Å². The number of thiophene rings is 1. The number of nitrogens with one attached hydrogen (secondary N) is 2. The van der Waals surface area contributed by atoms with Crippen molar-refractivity contribution in [2.45, 2.75) is 52.5 Å². The first-order valence-electron chi connectivity index (χ1n) is 9.57. The van der Waals surface area contributed by atoms with Crippen molar-refractivity contribution in [3.05, 3.63) is 51.4 Å². The zero-order valence-electron chi connectivity index (χ0n) is 17.4. The van der Waals surface area contributed by atoms with Crippen molar-refractivity contribution in [3.63, 3.8) is 0 Å². The fourth-order valence-electron chi connectivity index (χ4n) is 4.11. The summed E-state index contributed by atoms with van der Waals surface area (Å²) in [5.41, 5.74) is 11.2. The van der Waals surface area contributed by atoms with Crippen LogP contribution in [0.1, 0.15) is 46.5 Å². The number of carbonyl (C=O) groups is 1. The average molecular weight is 403 g/mol. The molecule has 152 valence electrons. The van der Waals surface area contributed by atoms with E-state index in [1.165, 1.54) is 27.1 Å². The molecule has 0 saturated carbocycles. The zero-order valence-corrected chi connectivity index (χ0v) is 18.2. The molecule has 2 heterocycles. The van der Waals surface area contributed by atoms with Crippen molar-refractivity contribution >= 4 is 22.3 Å². The molecule has 28 heavy (non-hydrogen) atoms. The number of hydrogen-bond donors (Lipinski definition) is 3. The lowest BCUT2D eigenvalue weighted by atomic mass is 9.91. The highest BCUT2D eigenvalue weighted by molar-refractivity contribution is 7.16. The number of rotatable bonds is 6. The van der Waals surface area contributed by atoms with Crippen LogP contribution in [0, 0.1) is 20.8 Å². The van der Waals surface area contributed by atoms with E-state index >= 15 is 0 Å². The van der Waals surface area contributed by atoms with Gasteiger partial charge in [0.1, 0.15) is 0 Å². The van der Waals surface area contributed by atoms with E-state index in [4.69, 9.17) is 0 Å². The average Bonchev–Trinajstić information content (AvgIpc) is 2.91. The molecule has 0 bridgehead atoms. The van der Waals surface area contributed by atoms with Gasteiger partial charge in [0.05, 0.1) is 29.8 Å². The molecule has 3 rings (SSSR count). The Morgan fingerprint density at radius 1 is 1.25 bits per heavy atom. The van der Waals surface area contributed by atoms with Crippen LogP contribution in [0.5, 0.6) is 0 Å². The molecule has 1 aromatic heterocycles. The first-order chi connectivity index (χ1) is 13.3. The summed E-state index contributed by atoms with van der Waals surface area (Å²) in [6, 6.07) is 8.61. The first-order valence-corrected chi connectivity index (χ1v) is 10.4. The third-order valence-corrected chi connectivity index (χ3v) is 6.88. The minimum Gasteiger partial charge on any atom is -0.481 e. The first kappa shape index (κ1) is 20.8. The molecular weight excluding hydrogens is 372 g/mol. The van der Waals surface area contributed by atoms with Gasteiger partial charge in [-0.25, -0.2) is 5.43 Å². The normalized spacial score (nSPS) is 20.9. The van der Waals surface area contributed by atoms with E-state index in [2.05, 4.69) is 72.6 Å². The van der Waals surface area contributed by atoms with Gasteiger partial charge in [0.25, 0.3) is 0 Å². The molecule has 0 aliphatic carbocycles. The molecule has 3 unspecified atom stereocenters. The molecule has 0 amide bonds. The molecule has 3 atom stereocenters. The second-order valence-electron chi connectivity index (χ2n) is 7.54. The maximum Gasteiger partial charge on any atom is 0.306 e. The third-order valence-electron chi connectivity index (χ3n) is 5.64. The number of carboxylic acid groups (broad SMARTS) is 1. The Morgan fingerprint density at radius 3 is 2.46 bits per heavy atom. The number of carboxylic acids is 1. The lowest BCUT2D eigenvalue weighted by Crippen LogP contribution is -2.60. The van der Waals surface area contributed by atoms with Crippen LogP contribution < -0.4 is 15.8 Å². The van der Waals surface area contributed by atoms with E-state index in [9.17, 15) is 9.90 Å². The Kier molecular flexibility index (Phi) is 6.09. The smallest absolute Gasteiger partial charge is 0.306 e. The summed E-state index contributed by atoms with van der Waals surface area (Å²) in [6.45, 7) is 8.45. The molecule has 0 spiro atoms. The highest BCUT2D eigenvalue weighted by atomic mass is 32.1. The maximum absolute atomic E-state index is 11.7. The Balaban J connectivity index is 2.20. The third kappa shape index (κ3) is 3.67. The monoisotopic (exact) mass is 402 g/mol. The van der Waals surface area contributed by atoms with Gasteiger partial charge in [-0.3, -0.25) is 15.1 Å². The number of hydrazine groups is 1. The molecule has 1 aliphatic rings. The topological polar surface area (TPSA) is 67.8 Å². The SMILES string of the molecule is CNNC(C)N1c2sc(C)c(C)c2C(c2ccc(C)cc2)N(C)C1CC(=O)O. The number of aryl methyl sites for hydroxylation is 2. The predicted octanol–water partition coefficient (Wildman–Crippen LogP) is 3.39. The van der Waals surface area contributed by atoms with Crippen molar-refractivity contribution in [1.82, 2.24) is 15.8 Å². The Morgan fingerprint density at radius 2 is 1.89 bits per heavy atom. The summed E-state index contributed by atoms with van der Waals surface area (Å²) in [5.74, 6) is -0.797. The second-order valence-corrected chi connectivity index (χ2v) is 8.74. The standard InChI is InChI=1S/C21H30N4O2S/c1-12-7-9-16(10-8-12)20-19-13(2)14(3)28-21(19)25(15(4)23-22-5)17(24(20)6)11-18(26)27/h7-10,15,17,20,22-23H,11H2,1-6H3,(H,26,27). The molecule has 0 radical (unpaired) electrons. The van der Waals surface area contributed by atoms with Crippen molar-refractivity contribution < 1.29 is 9.90 Å². The van der Waals surface area contributed by atoms with Crippen molar-refractivity contribution in [2.24, 2.45) is 0 Å². The highest BCUT2D eigenvalue weighted by Crippen LogP contribution is 2.49. The van der Waals surface area contributed by atoms with Crippen molar-refractivity contribution in [2.75, 3.05) is 19.0 Å². The van der Waals surface area contributed by atoms with Gasteiger partial charge in [-0.15, -0.1) is 11.3 Å². The Hall–Kier alpha value is -1.93. The number of fused-ring (bicyclic) bond motifs is 1. The zero-order chi connectivity index (χ0) is 20.6. The van der Waals surface area contributed by atoms with Gasteiger partial charge in [-0.2, -0.15) is 0 Å². The van der Waals surface area contributed by atoms with E-state index in [0.29, 0.717) is 0 Å². The van der Waals surface area contributed by atoms with Gasteiger partial charge in [0, 0.05) is 10.4 Å². The number of aliphatic carboxylic acids is 1. The van der Waals surface area contributed by atoms with E-state index < -0.39 is 5.97 Å². The largest absolute Gasteiger partial charge is 0.481 e. The summed E-state index contributed by atoms with van der Waals surface area (Å²) in [6.07, 6.45) is -0.277. The molecular formula is C21H30N4O2S. The minimum atomic E-state index is -0.797. The fraction of sp³-hybridized carbons (Fsp3) is 0.476. The molecule has 0 fully saturated rings. The summed E-state index contributed by atoms with van der Waals surface area (Å²) in [4.78, 5) is 17.4. The number of nitrogens with zero attached hydrogens (tertiary/aromatic N) is 2. The van der Waals surface area contributed by atoms with Crippen molar-refractivity contribution in [1.29, 1.82) is 0 Å². The number of hydrogen-bond acceptors (Lipinski definition) is 6. The van der Waals surface area contributed by atoms with E-state index in [1.54, 1.807) is 11.3 Å². The summed E-state index contributed by atoms with van der Waals surface area (Å²) >= 11 is 1.75. The Bertz CT molecular complexity index is 849. The van der Waals surface area contributed by atoms with Crippen LogP contribution in [0.3, 0.4) is 0 Å². The molecule has 0 saturated heterocycles. The lowest BCUT2D eigenvalue weighted by molar-refractivity contribution is -0.138. The Labute approximate surface area is 171 Å². The summed E-state index contributed by atoms with van der Waals surface area (Å²) in [7, 11) is 3.86. The van der Waals surface area contributed by atoms with Gasteiger partial charge in [-0.1, -0.05) is 29.8 Å². The van der Waals surface area contributed by atoms with Crippen LogP contribution in [0.15, 0.2) is 24.3 Å². The fourth-order valence-corrected chi connectivity index (χ4v) is 5.42. The van der Waals surface area contributed by atoms with Crippen LogP contribution >= 0.6 is 11.3 Å². The minimum absolute atomic E-state index is 0.0305. The number of anilines is 1. The summed E-state index contributed by atoms with van der Waals surface area (Å²) in [5, 5.41) is 10.8. The lowest BCUT2D eigenvalue weighted by Gasteiger charge is -2.49.